The van der Waals surface area contributed by atoms with Crippen LogP contribution in [-0.4, -0.2) is 22.1 Å². The number of hydrogen-bond donors (Lipinski definition) is 1. The maximum Gasteiger partial charge on any atom is 0.0946 e. The number of aromatic nitrogens is 2. The Kier molecular flexibility index (Phi) is 4.17. The largest absolute Gasteiger partial charge is 0.336 e. The van der Waals surface area contributed by atoms with Crippen molar-refractivity contribution in [2.24, 2.45) is 0 Å². The van der Waals surface area contributed by atoms with Crippen LogP contribution >= 0.6 is 0 Å². The van der Waals surface area contributed by atoms with Crippen LogP contribution in [0.1, 0.15) is 32.6 Å². The molecular formula is C13H21N3. The first kappa shape index (κ1) is 11.4. The molecule has 3 heteroatoms. The van der Waals surface area contributed by atoms with E-state index in [4.69, 9.17) is 0 Å². The van der Waals surface area contributed by atoms with Crippen LogP contribution in [-0.2, 0) is 6.54 Å². The number of nitrogens with zero attached hydrogens (tertiary/aromatic N) is 2. The molecule has 88 valence electrons. The van der Waals surface area contributed by atoms with Crippen molar-refractivity contribution < 1.29 is 0 Å². The predicted molar refractivity (Wildman–Crippen MR) is 66.2 cm³/mol. The van der Waals surface area contributed by atoms with Crippen molar-refractivity contribution in [1.82, 2.24) is 14.9 Å². The standard InChI is InChI=1S/C13H21N3/c1-12(10-16-8-7-14-11-16)15-9-13-5-3-2-4-6-13/h5,7-8,11-12,15H,2-4,6,9-10H2,1H3. The first-order chi connectivity index (χ1) is 7.84. The topological polar surface area (TPSA) is 29.9 Å². The minimum atomic E-state index is 0.497. The average molecular weight is 219 g/mol. The van der Waals surface area contributed by atoms with Gasteiger partial charge >= 0.3 is 0 Å². The van der Waals surface area contributed by atoms with Crippen LogP contribution in [0, 0.1) is 0 Å². The molecule has 1 aliphatic rings. The van der Waals surface area contributed by atoms with E-state index in [0.29, 0.717) is 6.04 Å². The summed E-state index contributed by atoms with van der Waals surface area (Å²) < 4.78 is 2.12. The summed E-state index contributed by atoms with van der Waals surface area (Å²) in [4.78, 5) is 4.05. The molecule has 1 atom stereocenters. The number of rotatable bonds is 5. The number of allylic oxidation sites excluding steroid dienone is 1. The van der Waals surface area contributed by atoms with Gasteiger partial charge in [-0.05, 0) is 32.6 Å². The maximum atomic E-state index is 4.05. The summed E-state index contributed by atoms with van der Waals surface area (Å²) in [6, 6.07) is 0.497. The van der Waals surface area contributed by atoms with E-state index in [-0.39, 0.29) is 0 Å². The van der Waals surface area contributed by atoms with Gasteiger partial charge < -0.3 is 9.88 Å². The van der Waals surface area contributed by atoms with E-state index in [1.165, 1.54) is 25.7 Å². The molecule has 1 aromatic heterocycles. The van der Waals surface area contributed by atoms with Gasteiger partial charge in [0.05, 0.1) is 6.33 Å². The maximum absolute atomic E-state index is 4.05. The van der Waals surface area contributed by atoms with Crippen molar-refractivity contribution in [3.05, 3.63) is 30.4 Å². The fourth-order valence-corrected chi connectivity index (χ4v) is 2.15. The molecule has 0 amide bonds. The third kappa shape index (κ3) is 3.49. The fourth-order valence-electron chi connectivity index (χ4n) is 2.15. The van der Waals surface area contributed by atoms with Gasteiger partial charge in [0.25, 0.3) is 0 Å². The molecule has 16 heavy (non-hydrogen) atoms. The summed E-state index contributed by atoms with van der Waals surface area (Å²) in [6.07, 6.45) is 13.4. The zero-order valence-electron chi connectivity index (χ0n) is 10.0. The van der Waals surface area contributed by atoms with Gasteiger partial charge in [-0.1, -0.05) is 11.6 Å². The second-order valence-electron chi connectivity index (χ2n) is 4.65. The summed E-state index contributed by atoms with van der Waals surface area (Å²) in [5.74, 6) is 0. The molecule has 2 rings (SSSR count). The highest BCUT2D eigenvalue weighted by atomic mass is 15.1. The second-order valence-corrected chi connectivity index (χ2v) is 4.65. The smallest absolute Gasteiger partial charge is 0.0946 e. The molecule has 0 saturated heterocycles. The van der Waals surface area contributed by atoms with Gasteiger partial charge in [0, 0.05) is 31.5 Å². The lowest BCUT2D eigenvalue weighted by molar-refractivity contribution is 0.487. The van der Waals surface area contributed by atoms with Crippen molar-refractivity contribution in [1.29, 1.82) is 0 Å². The van der Waals surface area contributed by atoms with Crippen molar-refractivity contribution in [2.45, 2.75) is 45.2 Å². The van der Waals surface area contributed by atoms with Crippen molar-refractivity contribution in [3.8, 4) is 0 Å². The first-order valence-electron chi connectivity index (χ1n) is 6.21. The van der Waals surface area contributed by atoms with Gasteiger partial charge in [-0.25, -0.2) is 4.98 Å². The minimum Gasteiger partial charge on any atom is -0.336 e. The third-order valence-electron chi connectivity index (χ3n) is 3.11. The normalized spacial score (nSPS) is 18.2. The van der Waals surface area contributed by atoms with Crippen LogP contribution in [0.5, 0.6) is 0 Å². The Hall–Kier alpha value is -1.09. The van der Waals surface area contributed by atoms with Gasteiger partial charge in [-0.2, -0.15) is 0 Å². The van der Waals surface area contributed by atoms with E-state index >= 15 is 0 Å². The number of imidazole rings is 1. The van der Waals surface area contributed by atoms with Crippen molar-refractivity contribution in [2.75, 3.05) is 6.54 Å². The van der Waals surface area contributed by atoms with E-state index < -0.39 is 0 Å². The molecule has 3 nitrogen and oxygen atoms in total. The Balaban J connectivity index is 1.71. The van der Waals surface area contributed by atoms with Crippen LogP contribution in [0.4, 0.5) is 0 Å². The molecule has 1 heterocycles. The zero-order chi connectivity index (χ0) is 11.2. The predicted octanol–water partition coefficient (Wildman–Crippen LogP) is 2.36. The average Bonchev–Trinajstić information content (AvgIpc) is 2.81. The molecular weight excluding hydrogens is 198 g/mol. The highest BCUT2D eigenvalue weighted by Gasteiger charge is 2.06. The summed E-state index contributed by atoms with van der Waals surface area (Å²) in [7, 11) is 0. The van der Waals surface area contributed by atoms with Crippen LogP contribution < -0.4 is 5.32 Å². The van der Waals surface area contributed by atoms with E-state index in [1.54, 1.807) is 5.57 Å². The summed E-state index contributed by atoms with van der Waals surface area (Å²) in [6.45, 7) is 4.27. The Morgan fingerprint density at radius 1 is 1.50 bits per heavy atom. The second kappa shape index (κ2) is 5.85. The van der Waals surface area contributed by atoms with Gasteiger partial charge in [0.1, 0.15) is 0 Å². The molecule has 0 saturated carbocycles. The van der Waals surface area contributed by atoms with E-state index in [2.05, 4.69) is 27.9 Å². The molecule has 1 aromatic rings. The Morgan fingerprint density at radius 3 is 3.12 bits per heavy atom. The van der Waals surface area contributed by atoms with Gasteiger partial charge in [0.2, 0.25) is 0 Å². The van der Waals surface area contributed by atoms with E-state index in [0.717, 1.165) is 13.1 Å². The SMILES string of the molecule is CC(Cn1ccnc1)NCC1=CCCCC1. The first-order valence-corrected chi connectivity index (χ1v) is 6.21. The molecule has 1 unspecified atom stereocenters. The van der Waals surface area contributed by atoms with Crippen LogP contribution in [0.15, 0.2) is 30.4 Å². The molecule has 0 spiro atoms. The minimum absolute atomic E-state index is 0.497. The number of hydrogen-bond acceptors (Lipinski definition) is 2. The van der Waals surface area contributed by atoms with Gasteiger partial charge in [0.15, 0.2) is 0 Å². The third-order valence-corrected chi connectivity index (χ3v) is 3.11. The summed E-state index contributed by atoms with van der Waals surface area (Å²) in [5, 5.41) is 3.57. The summed E-state index contributed by atoms with van der Waals surface area (Å²) >= 11 is 0. The molecule has 1 aliphatic carbocycles. The molecule has 0 aliphatic heterocycles. The molecule has 0 bridgehead atoms. The molecule has 0 radical (unpaired) electrons. The Morgan fingerprint density at radius 2 is 2.44 bits per heavy atom. The fraction of sp³-hybridized carbons (Fsp3) is 0.615. The van der Waals surface area contributed by atoms with E-state index in [9.17, 15) is 0 Å². The van der Waals surface area contributed by atoms with Gasteiger partial charge in [-0.15, -0.1) is 0 Å². The van der Waals surface area contributed by atoms with Crippen LogP contribution in [0.25, 0.3) is 0 Å². The lowest BCUT2D eigenvalue weighted by Crippen LogP contribution is -2.31. The number of nitrogens with one attached hydrogen (secondary N) is 1. The highest BCUT2D eigenvalue weighted by molar-refractivity contribution is 5.06. The van der Waals surface area contributed by atoms with Gasteiger partial charge in [-0.3, -0.25) is 0 Å². The van der Waals surface area contributed by atoms with Crippen molar-refractivity contribution in [3.63, 3.8) is 0 Å². The van der Waals surface area contributed by atoms with Crippen molar-refractivity contribution >= 4 is 0 Å². The highest BCUT2D eigenvalue weighted by Crippen LogP contribution is 2.16. The quantitative estimate of drug-likeness (QED) is 0.770. The lowest BCUT2D eigenvalue weighted by Gasteiger charge is -2.18. The Bertz CT molecular complexity index is 327. The summed E-state index contributed by atoms with van der Waals surface area (Å²) in [5.41, 5.74) is 1.59. The zero-order valence-corrected chi connectivity index (χ0v) is 10.0. The lowest BCUT2D eigenvalue weighted by atomic mass is 9.99. The molecule has 1 N–H and O–H groups in total. The van der Waals surface area contributed by atoms with E-state index in [1.807, 2.05) is 18.7 Å². The molecule has 0 aromatic carbocycles. The Labute approximate surface area is 97.6 Å². The van der Waals surface area contributed by atoms with Crippen LogP contribution in [0.3, 0.4) is 0 Å². The van der Waals surface area contributed by atoms with Crippen LogP contribution in [0.2, 0.25) is 0 Å². The molecule has 0 fully saturated rings. The monoisotopic (exact) mass is 219 g/mol.